The summed E-state index contributed by atoms with van der Waals surface area (Å²) in [4.78, 5) is 16.6. The van der Waals surface area contributed by atoms with Crippen molar-refractivity contribution in [3.8, 4) is 10.6 Å². The van der Waals surface area contributed by atoms with Gasteiger partial charge in [0.15, 0.2) is 0 Å². The van der Waals surface area contributed by atoms with Gasteiger partial charge in [-0.25, -0.2) is 18.2 Å². The first kappa shape index (κ1) is 17.6. The molecule has 2 heterocycles. The number of thiazole rings is 1. The molecule has 0 bridgehead atoms. The molecule has 0 atom stereocenters. The highest BCUT2D eigenvalue weighted by molar-refractivity contribution is 7.92. The van der Waals surface area contributed by atoms with Gasteiger partial charge in [0.05, 0.1) is 17.5 Å². The van der Waals surface area contributed by atoms with Crippen molar-refractivity contribution in [2.45, 2.75) is 6.61 Å². The Labute approximate surface area is 153 Å². The quantitative estimate of drug-likeness (QED) is 0.646. The monoisotopic (exact) mass is 394 g/mol. The summed E-state index contributed by atoms with van der Waals surface area (Å²) in [6.07, 6.45) is 1.05. The van der Waals surface area contributed by atoms with Crippen molar-refractivity contribution in [2.75, 3.05) is 11.0 Å². The number of rotatable bonds is 6. The van der Waals surface area contributed by atoms with Crippen molar-refractivity contribution >= 4 is 44.4 Å². The maximum Gasteiger partial charge on any atom is 0.338 e. The van der Waals surface area contributed by atoms with Gasteiger partial charge in [0.2, 0.25) is 10.0 Å². The third-order valence-electron chi connectivity index (χ3n) is 3.07. The van der Waals surface area contributed by atoms with E-state index >= 15 is 0 Å². The van der Waals surface area contributed by atoms with E-state index in [-0.39, 0.29) is 12.2 Å². The number of carbonyl (C=O) groups is 1. The lowest BCUT2D eigenvalue weighted by Crippen LogP contribution is -2.11. The van der Waals surface area contributed by atoms with Crippen LogP contribution in [0.4, 0.5) is 5.69 Å². The number of carbonyl (C=O) groups excluding carboxylic acids is 1. The number of sulfonamides is 1. The Kier molecular flexibility index (Phi) is 5.16. The summed E-state index contributed by atoms with van der Waals surface area (Å²) >= 11 is 3.09. The van der Waals surface area contributed by atoms with E-state index in [0.717, 1.165) is 16.8 Å². The lowest BCUT2D eigenvalue weighted by molar-refractivity contribution is 0.0468. The molecule has 0 aliphatic carbocycles. The Balaban J connectivity index is 1.64. The molecular weight excluding hydrogens is 380 g/mol. The van der Waals surface area contributed by atoms with Crippen molar-refractivity contribution in [3.63, 3.8) is 0 Å². The normalized spacial score (nSPS) is 11.2. The first-order valence-corrected chi connectivity index (χ1v) is 10.8. The molecule has 2 aromatic heterocycles. The minimum atomic E-state index is -3.40. The van der Waals surface area contributed by atoms with Crippen LogP contribution in [0, 0.1) is 0 Å². The summed E-state index contributed by atoms with van der Waals surface area (Å²) in [7, 11) is -3.40. The minimum absolute atomic E-state index is 0.0587. The largest absolute Gasteiger partial charge is 0.456 e. The van der Waals surface area contributed by atoms with Crippen LogP contribution in [0.2, 0.25) is 0 Å². The van der Waals surface area contributed by atoms with Crippen molar-refractivity contribution in [3.05, 3.63) is 57.7 Å². The number of ether oxygens (including phenoxy) is 1. The van der Waals surface area contributed by atoms with E-state index in [0.29, 0.717) is 11.4 Å². The summed E-state index contributed by atoms with van der Waals surface area (Å²) in [5.74, 6) is -0.540. The van der Waals surface area contributed by atoms with Gasteiger partial charge in [-0.2, -0.15) is 11.3 Å². The van der Waals surface area contributed by atoms with Gasteiger partial charge in [-0.3, -0.25) is 4.72 Å². The molecule has 25 heavy (non-hydrogen) atoms. The van der Waals surface area contributed by atoms with Crippen LogP contribution in [0.15, 0.2) is 46.5 Å². The lowest BCUT2D eigenvalue weighted by Gasteiger charge is -2.06. The van der Waals surface area contributed by atoms with Crippen LogP contribution in [0.5, 0.6) is 0 Å². The molecule has 0 radical (unpaired) electrons. The van der Waals surface area contributed by atoms with Crippen molar-refractivity contribution < 1.29 is 17.9 Å². The van der Waals surface area contributed by atoms with Gasteiger partial charge in [0.1, 0.15) is 11.6 Å². The summed E-state index contributed by atoms with van der Waals surface area (Å²) in [6, 6.07) is 8.13. The van der Waals surface area contributed by atoms with Gasteiger partial charge in [-0.05, 0) is 29.6 Å². The molecule has 0 spiro atoms. The number of nitrogens with one attached hydrogen (secondary N) is 1. The number of benzene rings is 1. The molecule has 0 amide bonds. The number of thiophene rings is 1. The van der Waals surface area contributed by atoms with Crippen molar-refractivity contribution in [1.29, 1.82) is 0 Å². The van der Waals surface area contributed by atoms with E-state index in [2.05, 4.69) is 9.71 Å². The fourth-order valence-electron chi connectivity index (χ4n) is 2.04. The zero-order valence-corrected chi connectivity index (χ0v) is 15.6. The fourth-order valence-corrected chi connectivity index (χ4v) is 4.11. The predicted octanol–water partition coefficient (Wildman–Crippen LogP) is 3.60. The lowest BCUT2D eigenvalue weighted by atomic mass is 10.2. The first-order chi connectivity index (χ1) is 11.9. The summed E-state index contributed by atoms with van der Waals surface area (Å²) < 4.78 is 30.1. The average molecular weight is 394 g/mol. The molecular formula is C16H14N2O4S3. The molecule has 0 fully saturated rings. The predicted molar refractivity (Wildman–Crippen MR) is 99.5 cm³/mol. The maximum atomic E-state index is 12.1. The summed E-state index contributed by atoms with van der Waals surface area (Å²) in [5.41, 5.74) is 2.30. The Morgan fingerprint density at radius 3 is 2.84 bits per heavy atom. The van der Waals surface area contributed by atoms with E-state index in [1.165, 1.54) is 17.4 Å². The summed E-state index contributed by atoms with van der Waals surface area (Å²) in [6.45, 7) is 0.0587. The number of aromatic nitrogens is 1. The maximum absolute atomic E-state index is 12.1. The number of hydrogen-bond acceptors (Lipinski definition) is 7. The van der Waals surface area contributed by atoms with E-state index in [4.69, 9.17) is 4.74 Å². The molecule has 130 valence electrons. The van der Waals surface area contributed by atoms with Crippen LogP contribution in [-0.4, -0.2) is 25.6 Å². The van der Waals surface area contributed by atoms with E-state index in [1.54, 1.807) is 29.5 Å². The highest BCUT2D eigenvalue weighted by atomic mass is 32.2. The molecule has 0 saturated carbocycles. The van der Waals surface area contributed by atoms with Crippen LogP contribution < -0.4 is 4.72 Å². The zero-order chi connectivity index (χ0) is 17.9. The molecule has 6 nitrogen and oxygen atoms in total. The van der Waals surface area contributed by atoms with E-state index in [1.807, 2.05) is 22.2 Å². The van der Waals surface area contributed by atoms with Crippen LogP contribution in [0.1, 0.15) is 16.1 Å². The second-order valence-electron chi connectivity index (χ2n) is 5.19. The third kappa shape index (κ3) is 4.88. The molecule has 1 aromatic carbocycles. The Hall–Kier alpha value is -2.23. The first-order valence-electron chi connectivity index (χ1n) is 7.13. The average Bonchev–Trinajstić information content (AvgIpc) is 3.22. The topological polar surface area (TPSA) is 85.4 Å². The minimum Gasteiger partial charge on any atom is -0.456 e. The number of esters is 1. The third-order valence-corrected chi connectivity index (χ3v) is 5.30. The number of nitrogens with zero attached hydrogens (tertiary/aromatic N) is 1. The molecule has 0 unspecified atom stereocenters. The molecule has 0 saturated heterocycles. The molecule has 0 aliphatic heterocycles. The van der Waals surface area contributed by atoms with E-state index in [9.17, 15) is 13.2 Å². The molecule has 1 N–H and O–H groups in total. The van der Waals surface area contributed by atoms with E-state index < -0.39 is 16.0 Å². The van der Waals surface area contributed by atoms with Crippen LogP contribution in [0.3, 0.4) is 0 Å². The van der Waals surface area contributed by atoms with Gasteiger partial charge in [-0.1, -0.05) is 6.07 Å². The highest BCUT2D eigenvalue weighted by Crippen LogP contribution is 2.26. The molecule has 0 aliphatic rings. The van der Waals surface area contributed by atoms with Gasteiger partial charge >= 0.3 is 5.97 Å². The summed E-state index contributed by atoms with van der Waals surface area (Å²) in [5, 5.41) is 6.72. The zero-order valence-electron chi connectivity index (χ0n) is 13.1. The van der Waals surface area contributed by atoms with Gasteiger partial charge < -0.3 is 4.74 Å². The van der Waals surface area contributed by atoms with Gasteiger partial charge in [0, 0.05) is 22.0 Å². The fraction of sp³-hybridized carbons (Fsp3) is 0.125. The number of hydrogen-bond donors (Lipinski definition) is 1. The van der Waals surface area contributed by atoms with Crippen LogP contribution in [-0.2, 0) is 21.4 Å². The van der Waals surface area contributed by atoms with Crippen LogP contribution >= 0.6 is 22.7 Å². The Bertz CT molecular complexity index is 978. The highest BCUT2D eigenvalue weighted by Gasteiger charge is 2.11. The molecule has 3 aromatic rings. The Morgan fingerprint density at radius 1 is 1.28 bits per heavy atom. The van der Waals surface area contributed by atoms with Gasteiger partial charge in [-0.15, -0.1) is 11.3 Å². The van der Waals surface area contributed by atoms with Crippen molar-refractivity contribution in [1.82, 2.24) is 4.98 Å². The second kappa shape index (κ2) is 7.34. The van der Waals surface area contributed by atoms with Gasteiger partial charge in [0.25, 0.3) is 0 Å². The smallest absolute Gasteiger partial charge is 0.338 e. The SMILES string of the molecule is CS(=O)(=O)Nc1cccc(C(=O)OCc2csc(-c3ccsc3)n2)c1. The second-order valence-corrected chi connectivity index (χ2v) is 8.57. The standard InChI is InChI=1S/C16H14N2O4S3/c1-25(20,21)18-13-4-2-3-11(7-13)16(19)22-8-14-10-24-15(17-14)12-5-6-23-9-12/h2-7,9-10,18H,8H2,1H3. The Morgan fingerprint density at radius 2 is 2.12 bits per heavy atom. The van der Waals surface area contributed by atoms with Crippen molar-refractivity contribution in [2.24, 2.45) is 0 Å². The molecule has 9 heteroatoms. The number of anilines is 1. The molecule has 3 rings (SSSR count). The van der Waals surface area contributed by atoms with Crippen LogP contribution in [0.25, 0.3) is 10.6 Å².